The highest BCUT2D eigenvalue weighted by Gasteiger charge is 2.20. The highest BCUT2D eigenvalue weighted by atomic mass is 19.2. The van der Waals surface area contributed by atoms with Crippen molar-refractivity contribution in [2.75, 3.05) is 0 Å². The molecule has 2 nitrogen and oxygen atoms in total. The summed E-state index contributed by atoms with van der Waals surface area (Å²) in [5.41, 5.74) is 1.18. The van der Waals surface area contributed by atoms with Crippen LogP contribution in [0.25, 0.3) is 0 Å². The Morgan fingerprint density at radius 2 is 1.96 bits per heavy atom. The monoisotopic (exact) mass is 324 g/mol. The van der Waals surface area contributed by atoms with Gasteiger partial charge in [0.1, 0.15) is 11.6 Å². The van der Waals surface area contributed by atoms with Gasteiger partial charge in [0.15, 0.2) is 5.83 Å². The SMILES string of the molecule is O=C(O)CCCCCc1ccc(C2C=CC(F)=C(F)C2)c(F)c1. The molecule has 0 amide bonds. The van der Waals surface area contributed by atoms with Crippen LogP contribution < -0.4 is 0 Å². The van der Waals surface area contributed by atoms with Gasteiger partial charge in [-0.25, -0.2) is 13.2 Å². The lowest BCUT2D eigenvalue weighted by atomic mass is 9.90. The fourth-order valence-corrected chi connectivity index (χ4v) is 2.67. The number of carbonyl (C=O) groups is 1. The van der Waals surface area contributed by atoms with E-state index in [0.717, 1.165) is 24.5 Å². The Kier molecular flexibility index (Phi) is 6.02. The summed E-state index contributed by atoms with van der Waals surface area (Å²) >= 11 is 0. The first kappa shape index (κ1) is 17.3. The summed E-state index contributed by atoms with van der Waals surface area (Å²) in [6, 6.07) is 4.83. The molecule has 0 saturated carbocycles. The number of rotatable bonds is 7. The molecular formula is C18H19F3O2. The molecule has 0 aliphatic heterocycles. The summed E-state index contributed by atoms with van der Waals surface area (Å²) in [6.07, 6.45) is 5.35. The molecule has 5 heteroatoms. The fourth-order valence-electron chi connectivity index (χ4n) is 2.67. The van der Waals surface area contributed by atoms with Crippen molar-refractivity contribution in [2.24, 2.45) is 0 Å². The van der Waals surface area contributed by atoms with E-state index in [9.17, 15) is 18.0 Å². The van der Waals surface area contributed by atoms with Crippen LogP contribution in [-0.2, 0) is 11.2 Å². The van der Waals surface area contributed by atoms with Crippen molar-refractivity contribution in [3.63, 3.8) is 0 Å². The Balaban J connectivity index is 1.91. The van der Waals surface area contributed by atoms with Gasteiger partial charge in [-0.15, -0.1) is 0 Å². The second kappa shape index (κ2) is 7.99. The third-order valence-corrected chi connectivity index (χ3v) is 3.95. The first-order chi connectivity index (χ1) is 11.0. The topological polar surface area (TPSA) is 37.3 Å². The molecule has 2 rings (SSSR count). The number of carboxylic acid groups (broad SMARTS) is 1. The zero-order valence-electron chi connectivity index (χ0n) is 12.7. The number of benzene rings is 1. The summed E-state index contributed by atoms with van der Waals surface area (Å²) < 4.78 is 40.5. The van der Waals surface area contributed by atoms with E-state index < -0.39 is 29.4 Å². The largest absolute Gasteiger partial charge is 0.481 e. The second-order valence-electron chi connectivity index (χ2n) is 5.73. The van der Waals surface area contributed by atoms with E-state index in [1.54, 1.807) is 12.1 Å². The van der Waals surface area contributed by atoms with Crippen molar-refractivity contribution >= 4 is 5.97 Å². The number of unbranched alkanes of at least 4 members (excludes halogenated alkanes) is 2. The van der Waals surface area contributed by atoms with Gasteiger partial charge >= 0.3 is 5.97 Å². The first-order valence-electron chi connectivity index (χ1n) is 7.70. The molecule has 0 bridgehead atoms. The lowest BCUT2D eigenvalue weighted by Crippen LogP contribution is -2.04. The van der Waals surface area contributed by atoms with Crippen LogP contribution in [0.3, 0.4) is 0 Å². The summed E-state index contributed by atoms with van der Waals surface area (Å²) in [5, 5.41) is 8.55. The molecule has 23 heavy (non-hydrogen) atoms. The van der Waals surface area contributed by atoms with Crippen molar-refractivity contribution in [3.8, 4) is 0 Å². The summed E-state index contributed by atoms with van der Waals surface area (Å²) in [7, 11) is 0. The number of allylic oxidation sites excluding steroid dienone is 4. The van der Waals surface area contributed by atoms with E-state index in [2.05, 4.69) is 0 Å². The molecule has 1 N–H and O–H groups in total. The van der Waals surface area contributed by atoms with Crippen LogP contribution in [0.2, 0.25) is 0 Å². The molecule has 1 atom stereocenters. The quantitative estimate of drug-likeness (QED) is 0.699. The Hall–Kier alpha value is -2.04. The highest BCUT2D eigenvalue weighted by molar-refractivity contribution is 5.66. The van der Waals surface area contributed by atoms with Crippen molar-refractivity contribution < 1.29 is 23.1 Å². The van der Waals surface area contributed by atoms with Crippen LogP contribution in [-0.4, -0.2) is 11.1 Å². The third kappa shape index (κ3) is 4.98. The van der Waals surface area contributed by atoms with Crippen molar-refractivity contribution in [2.45, 2.75) is 44.4 Å². The average Bonchev–Trinajstić information content (AvgIpc) is 2.50. The van der Waals surface area contributed by atoms with Crippen LogP contribution in [0.4, 0.5) is 13.2 Å². The number of halogens is 3. The molecule has 1 aliphatic carbocycles. The maximum Gasteiger partial charge on any atom is 0.303 e. The van der Waals surface area contributed by atoms with Gasteiger partial charge in [-0.3, -0.25) is 4.79 Å². The van der Waals surface area contributed by atoms with Gasteiger partial charge in [-0.2, -0.15) is 0 Å². The minimum atomic E-state index is -0.889. The van der Waals surface area contributed by atoms with Crippen molar-refractivity contribution in [3.05, 3.63) is 58.9 Å². The Bertz CT molecular complexity index is 635. The number of hydrogen-bond donors (Lipinski definition) is 1. The molecule has 1 aliphatic rings. The van der Waals surface area contributed by atoms with Crippen LogP contribution in [0.1, 0.15) is 49.1 Å². The van der Waals surface area contributed by atoms with Crippen molar-refractivity contribution in [1.29, 1.82) is 0 Å². The zero-order chi connectivity index (χ0) is 16.8. The smallest absolute Gasteiger partial charge is 0.303 e. The van der Waals surface area contributed by atoms with E-state index in [1.165, 1.54) is 12.1 Å². The Labute approximate surface area is 133 Å². The molecule has 0 heterocycles. The Morgan fingerprint density at radius 1 is 1.17 bits per heavy atom. The lowest BCUT2D eigenvalue weighted by Gasteiger charge is -2.17. The minimum Gasteiger partial charge on any atom is -0.481 e. The van der Waals surface area contributed by atoms with Crippen LogP contribution in [0, 0.1) is 5.82 Å². The maximum atomic E-state index is 14.2. The molecule has 124 valence electrons. The molecule has 1 unspecified atom stereocenters. The van der Waals surface area contributed by atoms with Crippen LogP contribution >= 0.6 is 0 Å². The molecule has 1 aromatic rings. The molecular weight excluding hydrogens is 305 g/mol. The fraction of sp³-hybridized carbons (Fsp3) is 0.389. The molecule has 0 saturated heterocycles. The summed E-state index contributed by atoms with van der Waals surface area (Å²) in [4.78, 5) is 10.4. The van der Waals surface area contributed by atoms with Crippen LogP contribution in [0.15, 0.2) is 42.0 Å². The van der Waals surface area contributed by atoms with Gasteiger partial charge in [0.05, 0.1) is 0 Å². The van der Waals surface area contributed by atoms with Crippen molar-refractivity contribution in [1.82, 2.24) is 0 Å². The number of aryl methyl sites for hydroxylation is 1. The molecule has 0 radical (unpaired) electrons. The van der Waals surface area contributed by atoms with Gasteiger partial charge in [0, 0.05) is 18.8 Å². The lowest BCUT2D eigenvalue weighted by molar-refractivity contribution is -0.137. The zero-order valence-corrected chi connectivity index (χ0v) is 12.7. The van der Waals surface area contributed by atoms with Gasteiger partial charge < -0.3 is 5.11 Å². The maximum absolute atomic E-state index is 14.2. The average molecular weight is 324 g/mol. The van der Waals surface area contributed by atoms with Gasteiger partial charge in [-0.1, -0.05) is 24.6 Å². The highest BCUT2D eigenvalue weighted by Crippen LogP contribution is 2.34. The predicted molar refractivity (Wildman–Crippen MR) is 81.9 cm³/mol. The summed E-state index contributed by atoms with van der Waals surface area (Å²) in [6.45, 7) is 0. The number of aliphatic carboxylic acids is 1. The predicted octanol–water partition coefficient (Wildman–Crippen LogP) is 5.21. The van der Waals surface area contributed by atoms with E-state index in [-0.39, 0.29) is 12.8 Å². The molecule has 0 fully saturated rings. The molecule has 1 aromatic carbocycles. The minimum absolute atomic E-state index is 0.150. The molecule has 0 aromatic heterocycles. The van der Waals surface area contributed by atoms with Gasteiger partial charge in [0.25, 0.3) is 0 Å². The number of carboxylic acids is 1. The van der Waals surface area contributed by atoms with Gasteiger partial charge in [0.2, 0.25) is 0 Å². The normalized spacial score (nSPS) is 17.6. The standard InChI is InChI=1S/C18H19F3O2/c19-15-9-7-13(11-17(15)21)14-8-6-12(10-16(14)20)4-2-1-3-5-18(22)23/h6-10,13H,1-5,11H2,(H,22,23). The summed E-state index contributed by atoms with van der Waals surface area (Å²) in [5.74, 6) is -3.45. The van der Waals surface area contributed by atoms with E-state index >= 15 is 0 Å². The van der Waals surface area contributed by atoms with Gasteiger partial charge in [-0.05, 0) is 42.5 Å². The van der Waals surface area contributed by atoms with E-state index in [4.69, 9.17) is 5.11 Å². The van der Waals surface area contributed by atoms with E-state index in [0.29, 0.717) is 18.4 Å². The van der Waals surface area contributed by atoms with E-state index in [1.807, 2.05) is 0 Å². The third-order valence-electron chi connectivity index (χ3n) is 3.95. The second-order valence-corrected chi connectivity index (χ2v) is 5.73. The number of hydrogen-bond acceptors (Lipinski definition) is 1. The Morgan fingerprint density at radius 3 is 2.61 bits per heavy atom. The first-order valence-corrected chi connectivity index (χ1v) is 7.70. The molecule has 0 spiro atoms. The van der Waals surface area contributed by atoms with Crippen LogP contribution in [0.5, 0.6) is 0 Å².